The number of nitrogens with one attached hydrogen (secondary N) is 1. The van der Waals surface area contributed by atoms with Gasteiger partial charge in [-0.25, -0.2) is 14.1 Å². The molecule has 1 unspecified atom stereocenters. The van der Waals surface area contributed by atoms with E-state index in [1.807, 2.05) is 0 Å². The van der Waals surface area contributed by atoms with Crippen LogP contribution in [-0.4, -0.2) is 68.1 Å². The van der Waals surface area contributed by atoms with Crippen LogP contribution in [-0.2, 0) is 42.4 Å². The summed E-state index contributed by atoms with van der Waals surface area (Å²) in [6.07, 6.45) is 1.95. The molecule has 0 bridgehead atoms. The standard InChI is InChI=1S/C31H38N5O10P/c1-18(28(39)42-21-11-7-5-8-12-21)35-47(40,45-22-13-9-6-10-14-22)46-29-30(4)31(29,43-20(3)38)26(41-19(2)37)25(44-30)23-15-16-24-27(32)33-17-34-36(23)24/h6,9-10,13-18,21,25-26,29H,5,7-8,11-12H2,1-4H3,(H,35,40)(H2,32,33,34)/t18-,25-,26-,29?,30+,31+,47+/m0/s1. The molecule has 15 nitrogen and oxygen atoms in total. The fourth-order valence-electron chi connectivity index (χ4n) is 6.62. The first kappa shape index (κ1) is 32.9. The van der Waals surface area contributed by atoms with Crippen molar-refractivity contribution in [3.8, 4) is 5.75 Å². The summed E-state index contributed by atoms with van der Waals surface area (Å²) in [6, 6.07) is 10.5. The molecule has 3 fully saturated rings. The van der Waals surface area contributed by atoms with Gasteiger partial charge in [0.2, 0.25) is 5.60 Å². The zero-order valence-corrected chi connectivity index (χ0v) is 27.4. The van der Waals surface area contributed by atoms with E-state index in [9.17, 15) is 18.9 Å². The Kier molecular flexibility index (Phi) is 8.77. The van der Waals surface area contributed by atoms with E-state index >= 15 is 0 Å². The van der Waals surface area contributed by atoms with Crippen LogP contribution in [0.2, 0.25) is 0 Å². The largest absolute Gasteiger partial charge is 0.461 e. The van der Waals surface area contributed by atoms with Crippen LogP contribution in [0, 0.1) is 0 Å². The normalized spacial score (nSPS) is 28.9. The minimum Gasteiger partial charge on any atom is -0.461 e. The van der Waals surface area contributed by atoms with E-state index in [2.05, 4.69) is 15.2 Å². The van der Waals surface area contributed by atoms with Crippen LogP contribution in [0.1, 0.15) is 71.6 Å². The molecule has 2 saturated carbocycles. The molecule has 3 aromatic rings. The molecule has 3 aliphatic rings. The summed E-state index contributed by atoms with van der Waals surface area (Å²) >= 11 is 0. The van der Waals surface area contributed by atoms with Crippen LogP contribution in [0.3, 0.4) is 0 Å². The Morgan fingerprint density at radius 1 is 1.06 bits per heavy atom. The molecule has 3 heterocycles. The van der Waals surface area contributed by atoms with E-state index in [0.29, 0.717) is 11.2 Å². The molecular weight excluding hydrogens is 633 g/mol. The SMILES string of the molecule is CC(=O)O[C@H]1[C@H](c2ccc3c(N)ncnn23)O[C@]2(C)C(O[P@@](=O)(N[C@@H](C)C(=O)OC3CCCCC3)Oc3ccccc3)[C@]12OC(C)=O. The van der Waals surface area contributed by atoms with Gasteiger partial charge >= 0.3 is 25.7 Å². The van der Waals surface area contributed by atoms with E-state index < -0.39 is 61.2 Å². The number of nitrogen functional groups attached to an aromatic ring is 1. The number of rotatable bonds is 11. The lowest BCUT2D eigenvalue weighted by Crippen LogP contribution is -2.43. The van der Waals surface area contributed by atoms with Gasteiger partial charge < -0.3 is 29.2 Å². The van der Waals surface area contributed by atoms with Gasteiger partial charge in [-0.1, -0.05) is 24.6 Å². The summed E-state index contributed by atoms with van der Waals surface area (Å²) in [5, 5.41) is 6.97. The molecule has 16 heteroatoms. The van der Waals surface area contributed by atoms with Crippen LogP contribution in [0.15, 0.2) is 48.8 Å². The minimum absolute atomic E-state index is 0.181. The van der Waals surface area contributed by atoms with E-state index in [-0.39, 0.29) is 17.7 Å². The Hall–Kier alpha value is -4.04. The molecule has 0 spiro atoms. The third kappa shape index (κ3) is 6.08. The van der Waals surface area contributed by atoms with Crippen LogP contribution in [0.5, 0.6) is 5.75 Å². The zero-order valence-electron chi connectivity index (χ0n) is 26.5. The monoisotopic (exact) mass is 671 g/mol. The molecular formula is C31H38N5O10P. The van der Waals surface area contributed by atoms with E-state index in [4.69, 9.17) is 33.7 Å². The van der Waals surface area contributed by atoms with Crippen LogP contribution >= 0.6 is 7.75 Å². The number of hydrogen-bond acceptors (Lipinski definition) is 13. The number of carbonyl (C=O) groups excluding carboxylic acids is 3. The van der Waals surface area contributed by atoms with E-state index in [1.54, 1.807) is 49.4 Å². The van der Waals surface area contributed by atoms with Gasteiger partial charge in [0, 0.05) is 13.8 Å². The summed E-state index contributed by atoms with van der Waals surface area (Å²) < 4.78 is 52.0. The van der Waals surface area contributed by atoms with Crippen molar-refractivity contribution < 1.29 is 46.9 Å². The first-order chi connectivity index (χ1) is 22.4. The number of benzene rings is 1. The fraction of sp³-hybridized carbons (Fsp3) is 0.516. The topological polar surface area (TPSA) is 192 Å². The molecule has 3 N–H and O–H groups in total. The van der Waals surface area contributed by atoms with Crippen molar-refractivity contribution in [2.75, 3.05) is 5.73 Å². The highest BCUT2D eigenvalue weighted by atomic mass is 31.2. The first-order valence-corrected chi connectivity index (χ1v) is 17.1. The summed E-state index contributed by atoms with van der Waals surface area (Å²) in [7, 11) is -4.47. The van der Waals surface area contributed by atoms with Crippen LogP contribution < -0.4 is 15.3 Å². The van der Waals surface area contributed by atoms with Gasteiger partial charge in [-0.3, -0.25) is 18.9 Å². The second-order valence-corrected chi connectivity index (χ2v) is 13.8. The number of esters is 3. The van der Waals surface area contributed by atoms with Gasteiger partial charge in [0.15, 0.2) is 11.9 Å². The van der Waals surface area contributed by atoms with Crippen molar-refractivity contribution in [2.24, 2.45) is 0 Å². The van der Waals surface area contributed by atoms with Crippen molar-refractivity contribution in [2.45, 2.75) is 101 Å². The maximum absolute atomic E-state index is 14.6. The smallest absolute Gasteiger partial charge is 0.459 e. The molecule has 47 heavy (non-hydrogen) atoms. The van der Waals surface area contributed by atoms with Crippen molar-refractivity contribution >= 4 is 37.0 Å². The number of anilines is 1. The number of nitrogens with two attached hydrogens (primary N) is 1. The number of para-hydroxylation sites is 1. The summed E-state index contributed by atoms with van der Waals surface area (Å²) in [6.45, 7) is 5.47. The highest BCUT2D eigenvalue weighted by Gasteiger charge is 2.91. The van der Waals surface area contributed by atoms with Crippen molar-refractivity contribution in [3.05, 3.63) is 54.5 Å². The number of hydrogen-bond donors (Lipinski definition) is 2. The van der Waals surface area contributed by atoms with Gasteiger partial charge in [-0.05, 0) is 63.8 Å². The Balaban J connectivity index is 1.33. The Labute approximate surface area is 271 Å². The summed E-state index contributed by atoms with van der Waals surface area (Å²) in [5.41, 5.74) is 3.66. The van der Waals surface area contributed by atoms with Gasteiger partial charge in [-0.15, -0.1) is 0 Å². The number of aromatic nitrogens is 3. The predicted octanol–water partition coefficient (Wildman–Crippen LogP) is 3.82. The van der Waals surface area contributed by atoms with Gasteiger partial charge in [-0.2, -0.15) is 10.2 Å². The molecule has 0 radical (unpaired) electrons. The molecule has 1 saturated heterocycles. The van der Waals surface area contributed by atoms with E-state index in [1.165, 1.54) is 31.6 Å². The van der Waals surface area contributed by atoms with Crippen molar-refractivity contribution in [1.29, 1.82) is 0 Å². The zero-order chi connectivity index (χ0) is 33.6. The Bertz CT molecular complexity index is 1710. The third-order valence-corrected chi connectivity index (χ3v) is 10.5. The number of carbonyl (C=O) groups is 3. The Morgan fingerprint density at radius 2 is 1.79 bits per heavy atom. The molecule has 7 atom stereocenters. The lowest BCUT2D eigenvalue weighted by Gasteiger charge is -2.30. The van der Waals surface area contributed by atoms with Gasteiger partial charge in [0.05, 0.1) is 5.69 Å². The predicted molar refractivity (Wildman–Crippen MR) is 165 cm³/mol. The summed E-state index contributed by atoms with van der Waals surface area (Å²) in [4.78, 5) is 42.2. The van der Waals surface area contributed by atoms with Gasteiger partial charge in [0.25, 0.3) is 0 Å². The average molecular weight is 672 g/mol. The minimum atomic E-state index is -4.47. The lowest BCUT2D eigenvalue weighted by atomic mass is 9.98. The average Bonchev–Trinajstić information content (AvgIpc) is 3.29. The third-order valence-electron chi connectivity index (χ3n) is 8.81. The second-order valence-electron chi connectivity index (χ2n) is 12.2. The highest BCUT2D eigenvalue weighted by Crippen LogP contribution is 2.70. The quantitative estimate of drug-likeness (QED) is 0.170. The molecule has 2 aromatic heterocycles. The first-order valence-electron chi connectivity index (χ1n) is 15.5. The lowest BCUT2D eigenvalue weighted by molar-refractivity contribution is -0.174. The highest BCUT2D eigenvalue weighted by molar-refractivity contribution is 7.52. The maximum atomic E-state index is 14.6. The second kappa shape index (κ2) is 12.5. The van der Waals surface area contributed by atoms with Crippen LogP contribution in [0.25, 0.3) is 5.52 Å². The molecule has 6 rings (SSSR count). The van der Waals surface area contributed by atoms with E-state index in [0.717, 1.165) is 32.1 Å². The van der Waals surface area contributed by atoms with Crippen molar-refractivity contribution in [3.63, 3.8) is 0 Å². The summed E-state index contributed by atoms with van der Waals surface area (Å²) in [5.74, 6) is -1.65. The van der Waals surface area contributed by atoms with Crippen LogP contribution in [0.4, 0.5) is 5.82 Å². The fourth-order valence-corrected chi connectivity index (χ4v) is 8.39. The number of nitrogens with zero attached hydrogens (tertiary/aromatic N) is 3. The number of fused-ring (bicyclic) bond motifs is 2. The molecule has 1 aliphatic heterocycles. The maximum Gasteiger partial charge on any atom is 0.459 e. The molecule has 2 aliphatic carbocycles. The Morgan fingerprint density at radius 3 is 2.47 bits per heavy atom. The molecule has 1 aromatic carbocycles. The molecule has 0 amide bonds. The van der Waals surface area contributed by atoms with Crippen molar-refractivity contribution in [1.82, 2.24) is 19.7 Å². The molecule has 252 valence electrons. The number of ether oxygens (including phenoxy) is 4. The van der Waals surface area contributed by atoms with Gasteiger partial charge in [0.1, 0.15) is 47.5 Å².